The largest absolute Gasteiger partial charge is 0.389 e. The van der Waals surface area contributed by atoms with Crippen LogP contribution in [0.2, 0.25) is 0 Å². The molecule has 0 radical (unpaired) electrons. The molecule has 0 fully saturated rings. The Kier molecular flexibility index (Phi) is 4.09. The molecular weight excluding hydrogens is 294 g/mol. The molecule has 0 bridgehead atoms. The van der Waals surface area contributed by atoms with Gasteiger partial charge in [-0.3, -0.25) is 0 Å². The summed E-state index contributed by atoms with van der Waals surface area (Å²) in [7, 11) is 0. The lowest BCUT2D eigenvalue weighted by molar-refractivity contribution is 0.0869. The van der Waals surface area contributed by atoms with Crippen LogP contribution in [0, 0.1) is 0 Å². The van der Waals surface area contributed by atoms with E-state index in [2.05, 4.69) is 27.0 Å². The number of anilines is 1. The van der Waals surface area contributed by atoms with Gasteiger partial charge in [-0.05, 0) is 30.9 Å². The van der Waals surface area contributed by atoms with Gasteiger partial charge >= 0.3 is 0 Å². The first-order valence-corrected chi connectivity index (χ1v) is 8.10. The minimum atomic E-state index is -0.803. The van der Waals surface area contributed by atoms with Gasteiger partial charge in [0.2, 0.25) is 0 Å². The predicted octanol–water partition coefficient (Wildman–Crippen LogP) is 3.47. The van der Waals surface area contributed by atoms with Crippen LogP contribution in [0.5, 0.6) is 0 Å². The van der Waals surface area contributed by atoms with E-state index in [4.69, 9.17) is 0 Å². The highest BCUT2D eigenvalue weighted by molar-refractivity contribution is 7.16. The van der Waals surface area contributed by atoms with E-state index in [0.29, 0.717) is 13.1 Å². The molecule has 4 nitrogen and oxygen atoms in total. The SMILES string of the molecule is CC(C)(O)CN(Cc1ccccc1)c1ncnc2sccc12. The van der Waals surface area contributed by atoms with E-state index in [-0.39, 0.29) is 0 Å². The number of benzene rings is 1. The Bertz CT molecular complexity index is 749. The maximum atomic E-state index is 10.3. The topological polar surface area (TPSA) is 49.2 Å². The van der Waals surface area contributed by atoms with E-state index in [9.17, 15) is 5.11 Å². The number of rotatable bonds is 5. The first-order valence-electron chi connectivity index (χ1n) is 7.22. The number of nitrogens with zero attached hydrogens (tertiary/aromatic N) is 3. The lowest BCUT2D eigenvalue weighted by Gasteiger charge is -2.30. The highest BCUT2D eigenvalue weighted by Crippen LogP contribution is 2.28. The molecule has 1 aromatic carbocycles. The standard InChI is InChI=1S/C17H19N3OS/c1-17(2,21)11-20(10-13-6-4-3-5-7-13)15-14-8-9-22-16(14)19-12-18-15/h3-9,12,21H,10-11H2,1-2H3. The van der Waals surface area contributed by atoms with E-state index in [1.165, 1.54) is 5.56 Å². The van der Waals surface area contributed by atoms with Crippen LogP contribution in [0.25, 0.3) is 10.2 Å². The van der Waals surface area contributed by atoms with Crippen LogP contribution in [-0.2, 0) is 6.54 Å². The third kappa shape index (κ3) is 3.43. The van der Waals surface area contributed by atoms with Crippen molar-refractivity contribution in [3.8, 4) is 0 Å². The van der Waals surface area contributed by atoms with Crippen molar-refractivity contribution < 1.29 is 5.11 Å². The number of hydrogen-bond acceptors (Lipinski definition) is 5. The lowest BCUT2D eigenvalue weighted by Crippen LogP contribution is -2.38. The molecule has 1 N–H and O–H groups in total. The summed E-state index contributed by atoms with van der Waals surface area (Å²) in [6, 6.07) is 12.3. The predicted molar refractivity (Wildman–Crippen MR) is 91.2 cm³/mol. The Morgan fingerprint density at radius 3 is 2.64 bits per heavy atom. The smallest absolute Gasteiger partial charge is 0.141 e. The van der Waals surface area contributed by atoms with Gasteiger partial charge in [-0.15, -0.1) is 11.3 Å². The summed E-state index contributed by atoms with van der Waals surface area (Å²) in [5.41, 5.74) is 0.385. The second-order valence-corrected chi connectivity index (χ2v) is 6.89. The number of fused-ring (bicyclic) bond motifs is 1. The van der Waals surface area contributed by atoms with Gasteiger partial charge in [0.1, 0.15) is 17.0 Å². The van der Waals surface area contributed by atoms with Crippen LogP contribution < -0.4 is 4.90 Å². The van der Waals surface area contributed by atoms with Crippen molar-refractivity contribution in [2.24, 2.45) is 0 Å². The summed E-state index contributed by atoms with van der Waals surface area (Å²) in [4.78, 5) is 11.9. The molecule has 22 heavy (non-hydrogen) atoms. The molecule has 0 aliphatic heterocycles. The van der Waals surface area contributed by atoms with Crippen LogP contribution in [0.15, 0.2) is 48.1 Å². The Morgan fingerprint density at radius 2 is 1.91 bits per heavy atom. The van der Waals surface area contributed by atoms with Crippen molar-refractivity contribution in [1.29, 1.82) is 0 Å². The fourth-order valence-corrected chi connectivity index (χ4v) is 3.23. The minimum Gasteiger partial charge on any atom is -0.389 e. The zero-order chi connectivity index (χ0) is 15.6. The van der Waals surface area contributed by atoms with Crippen molar-refractivity contribution in [1.82, 2.24) is 9.97 Å². The molecule has 3 aromatic rings. The fraction of sp³-hybridized carbons (Fsp3) is 0.294. The second kappa shape index (κ2) is 6.02. The Hall–Kier alpha value is -1.98. The third-order valence-corrected chi connectivity index (χ3v) is 4.16. The zero-order valence-electron chi connectivity index (χ0n) is 12.7. The van der Waals surface area contributed by atoms with E-state index < -0.39 is 5.60 Å². The quantitative estimate of drug-likeness (QED) is 0.783. The highest BCUT2D eigenvalue weighted by atomic mass is 32.1. The van der Waals surface area contributed by atoms with Gasteiger partial charge in [0.25, 0.3) is 0 Å². The first kappa shape index (κ1) is 14.9. The minimum absolute atomic E-state index is 0.504. The van der Waals surface area contributed by atoms with Gasteiger partial charge in [0, 0.05) is 13.1 Å². The Morgan fingerprint density at radius 1 is 1.14 bits per heavy atom. The van der Waals surface area contributed by atoms with Gasteiger partial charge in [-0.25, -0.2) is 9.97 Å². The number of hydrogen-bond donors (Lipinski definition) is 1. The van der Waals surface area contributed by atoms with Crippen molar-refractivity contribution in [3.05, 3.63) is 53.7 Å². The van der Waals surface area contributed by atoms with Crippen LogP contribution in [0.4, 0.5) is 5.82 Å². The Balaban J connectivity index is 1.99. The van der Waals surface area contributed by atoms with Crippen LogP contribution in [0.3, 0.4) is 0 Å². The van der Waals surface area contributed by atoms with Gasteiger partial charge in [-0.1, -0.05) is 30.3 Å². The molecule has 0 saturated heterocycles. The third-order valence-electron chi connectivity index (χ3n) is 3.33. The van der Waals surface area contributed by atoms with Crippen molar-refractivity contribution >= 4 is 27.4 Å². The van der Waals surface area contributed by atoms with E-state index in [1.807, 2.05) is 43.5 Å². The molecule has 5 heteroatoms. The molecule has 0 amide bonds. The average Bonchev–Trinajstić information content (AvgIpc) is 2.94. The van der Waals surface area contributed by atoms with Crippen molar-refractivity contribution in [3.63, 3.8) is 0 Å². The molecule has 114 valence electrons. The summed E-state index contributed by atoms with van der Waals surface area (Å²) < 4.78 is 0. The van der Waals surface area contributed by atoms with Gasteiger partial charge in [0.05, 0.1) is 11.0 Å². The maximum Gasteiger partial charge on any atom is 0.141 e. The van der Waals surface area contributed by atoms with Crippen molar-refractivity contribution in [2.45, 2.75) is 26.0 Å². The van der Waals surface area contributed by atoms with Crippen LogP contribution in [0.1, 0.15) is 19.4 Å². The summed E-state index contributed by atoms with van der Waals surface area (Å²) in [6.45, 7) is 4.84. The second-order valence-electron chi connectivity index (χ2n) is 5.99. The molecule has 0 atom stereocenters. The van der Waals surface area contributed by atoms with Gasteiger partial charge < -0.3 is 10.0 Å². The van der Waals surface area contributed by atoms with Crippen LogP contribution in [-0.4, -0.2) is 27.2 Å². The summed E-state index contributed by atoms with van der Waals surface area (Å²) >= 11 is 1.60. The molecule has 0 aliphatic rings. The van der Waals surface area contributed by atoms with Crippen molar-refractivity contribution in [2.75, 3.05) is 11.4 Å². The maximum absolute atomic E-state index is 10.3. The van der Waals surface area contributed by atoms with E-state index in [0.717, 1.165) is 16.0 Å². The summed E-state index contributed by atoms with van der Waals surface area (Å²) in [5.74, 6) is 0.872. The first-order chi connectivity index (χ1) is 10.5. The monoisotopic (exact) mass is 313 g/mol. The normalized spacial score (nSPS) is 11.8. The van der Waals surface area contributed by atoms with Crippen LogP contribution >= 0.6 is 11.3 Å². The van der Waals surface area contributed by atoms with Gasteiger partial charge in [0.15, 0.2) is 0 Å². The summed E-state index contributed by atoms with van der Waals surface area (Å²) in [6.07, 6.45) is 1.59. The Labute approximate surface area is 134 Å². The number of thiophene rings is 1. The van der Waals surface area contributed by atoms with Gasteiger partial charge in [-0.2, -0.15) is 0 Å². The highest BCUT2D eigenvalue weighted by Gasteiger charge is 2.21. The lowest BCUT2D eigenvalue weighted by atomic mass is 10.1. The van der Waals surface area contributed by atoms with E-state index >= 15 is 0 Å². The molecule has 0 spiro atoms. The molecule has 0 unspecified atom stereocenters. The average molecular weight is 313 g/mol. The number of aromatic nitrogens is 2. The molecular formula is C17H19N3OS. The van der Waals surface area contributed by atoms with E-state index in [1.54, 1.807) is 17.7 Å². The fourth-order valence-electron chi connectivity index (χ4n) is 2.51. The molecule has 2 heterocycles. The molecule has 2 aromatic heterocycles. The number of aliphatic hydroxyl groups is 1. The molecule has 0 aliphatic carbocycles. The summed E-state index contributed by atoms with van der Waals surface area (Å²) in [5, 5.41) is 13.3. The molecule has 3 rings (SSSR count). The zero-order valence-corrected chi connectivity index (χ0v) is 13.5. The molecule has 0 saturated carbocycles.